The maximum atomic E-state index is 13.9. The summed E-state index contributed by atoms with van der Waals surface area (Å²) in [6.07, 6.45) is 4.68. The smallest absolute Gasteiger partial charge is 0.338 e. The molecule has 1 aliphatic rings. The van der Waals surface area contributed by atoms with Crippen LogP contribution in [0.4, 0.5) is 5.69 Å². The first-order chi connectivity index (χ1) is 20.7. The second-order valence-corrected chi connectivity index (χ2v) is 11.1. The fourth-order valence-corrected chi connectivity index (χ4v) is 6.42. The standard InChI is InChI=1S/C29H25N5O7S2/c1-5-41-27(36)24-16(2)32-29-33(25(24)18-8-9-20(39-3)21(15-18)40-4)26(35)23(43-29)14-17-7-10-22(19(13-17)34(37)38)42-28-30-11-6-12-31-28/h6-15,25H,5H2,1-4H3/b23-14+/t25-/m1/s1. The second-order valence-electron chi connectivity index (χ2n) is 9.03. The molecule has 5 rings (SSSR count). The van der Waals surface area contributed by atoms with E-state index in [1.54, 1.807) is 68.7 Å². The Bertz CT molecular complexity index is 1940. The number of nitro benzene ring substituents is 1. The van der Waals surface area contributed by atoms with Crippen molar-refractivity contribution >= 4 is 40.8 Å². The van der Waals surface area contributed by atoms with Gasteiger partial charge in [-0.2, -0.15) is 0 Å². The van der Waals surface area contributed by atoms with E-state index in [1.165, 1.54) is 24.9 Å². The summed E-state index contributed by atoms with van der Waals surface area (Å²) in [7, 11) is 3.01. The number of ether oxygens (including phenoxy) is 3. The molecule has 0 aliphatic carbocycles. The molecule has 1 aliphatic heterocycles. The Hall–Kier alpha value is -4.82. The molecule has 2 aromatic carbocycles. The summed E-state index contributed by atoms with van der Waals surface area (Å²) in [6, 6.07) is 10.6. The maximum absolute atomic E-state index is 13.9. The van der Waals surface area contributed by atoms with Crippen LogP contribution >= 0.6 is 23.1 Å². The van der Waals surface area contributed by atoms with Crippen LogP contribution in [0.2, 0.25) is 0 Å². The SMILES string of the molecule is CCOC(=O)C1=C(C)N=c2s/c(=C/c3ccc(Sc4ncccn4)c([N+](=O)[O-])c3)c(=O)n2[C@@H]1c1ccc(OC)c(OC)c1. The molecule has 3 heterocycles. The zero-order valence-corrected chi connectivity index (χ0v) is 25.1. The summed E-state index contributed by atoms with van der Waals surface area (Å²) < 4.78 is 17.9. The first-order valence-electron chi connectivity index (χ1n) is 12.9. The predicted molar refractivity (Wildman–Crippen MR) is 159 cm³/mol. The minimum atomic E-state index is -0.865. The number of fused-ring (bicyclic) bond motifs is 1. The van der Waals surface area contributed by atoms with Gasteiger partial charge in [0, 0.05) is 18.5 Å². The van der Waals surface area contributed by atoms with E-state index in [0.717, 1.165) is 23.1 Å². The molecule has 0 bridgehead atoms. The number of hydrogen-bond donors (Lipinski definition) is 0. The van der Waals surface area contributed by atoms with E-state index in [9.17, 15) is 19.7 Å². The number of methoxy groups -OCH3 is 2. The highest BCUT2D eigenvalue weighted by Gasteiger charge is 2.34. The molecule has 0 saturated heterocycles. The molecule has 0 N–H and O–H groups in total. The van der Waals surface area contributed by atoms with Crippen LogP contribution in [-0.4, -0.2) is 46.3 Å². The van der Waals surface area contributed by atoms with Gasteiger partial charge in [0.15, 0.2) is 21.5 Å². The quantitative estimate of drug-likeness (QED) is 0.118. The molecule has 2 aromatic heterocycles. The number of benzene rings is 2. The Balaban J connectivity index is 1.65. The average molecular weight is 620 g/mol. The van der Waals surface area contributed by atoms with Crippen molar-refractivity contribution in [3.8, 4) is 11.5 Å². The van der Waals surface area contributed by atoms with Crippen molar-refractivity contribution in [1.82, 2.24) is 14.5 Å². The van der Waals surface area contributed by atoms with Crippen molar-refractivity contribution in [2.75, 3.05) is 20.8 Å². The lowest BCUT2D eigenvalue weighted by Crippen LogP contribution is -2.40. The number of aromatic nitrogens is 3. The molecule has 220 valence electrons. The minimum absolute atomic E-state index is 0.141. The topological polar surface area (TPSA) is 148 Å². The summed E-state index contributed by atoms with van der Waals surface area (Å²) in [5, 5.41) is 12.3. The van der Waals surface area contributed by atoms with Crippen molar-refractivity contribution in [3.05, 3.63) is 107 Å². The van der Waals surface area contributed by atoms with E-state index < -0.39 is 22.5 Å². The summed E-state index contributed by atoms with van der Waals surface area (Å²) >= 11 is 2.18. The third-order valence-electron chi connectivity index (χ3n) is 6.46. The van der Waals surface area contributed by atoms with Crippen molar-refractivity contribution in [2.45, 2.75) is 29.9 Å². The maximum Gasteiger partial charge on any atom is 0.338 e. The molecule has 12 nitrogen and oxygen atoms in total. The Morgan fingerprint density at radius 2 is 1.88 bits per heavy atom. The number of allylic oxidation sites excluding steroid dienone is 1. The van der Waals surface area contributed by atoms with Gasteiger partial charge in [-0.25, -0.2) is 19.8 Å². The second kappa shape index (κ2) is 12.6. The summed E-state index contributed by atoms with van der Waals surface area (Å²) in [5.41, 5.74) is 1.08. The van der Waals surface area contributed by atoms with Crippen LogP contribution < -0.4 is 24.4 Å². The van der Waals surface area contributed by atoms with Gasteiger partial charge in [0.2, 0.25) is 0 Å². The third-order valence-corrected chi connectivity index (χ3v) is 8.40. The van der Waals surface area contributed by atoms with E-state index in [4.69, 9.17) is 14.2 Å². The Morgan fingerprint density at radius 3 is 2.56 bits per heavy atom. The molecule has 1 atom stereocenters. The van der Waals surface area contributed by atoms with Crippen molar-refractivity contribution in [2.24, 2.45) is 4.99 Å². The first-order valence-corrected chi connectivity index (χ1v) is 14.5. The number of hydrogen-bond acceptors (Lipinski definition) is 12. The van der Waals surface area contributed by atoms with Crippen LogP contribution in [0.3, 0.4) is 0 Å². The fourth-order valence-electron chi connectivity index (χ4n) is 4.57. The van der Waals surface area contributed by atoms with E-state index in [1.807, 2.05) is 0 Å². The normalized spacial score (nSPS) is 14.6. The lowest BCUT2D eigenvalue weighted by molar-refractivity contribution is -0.387. The van der Waals surface area contributed by atoms with Gasteiger partial charge in [0.25, 0.3) is 11.2 Å². The van der Waals surface area contributed by atoms with Gasteiger partial charge in [-0.3, -0.25) is 19.5 Å². The molecule has 43 heavy (non-hydrogen) atoms. The van der Waals surface area contributed by atoms with Gasteiger partial charge in [-0.15, -0.1) is 0 Å². The Morgan fingerprint density at radius 1 is 1.14 bits per heavy atom. The number of esters is 1. The monoisotopic (exact) mass is 619 g/mol. The zero-order valence-electron chi connectivity index (χ0n) is 23.5. The Labute approximate surface area is 253 Å². The molecular formula is C29H25N5O7S2. The molecular weight excluding hydrogens is 594 g/mol. The van der Waals surface area contributed by atoms with Crippen LogP contribution in [0.25, 0.3) is 6.08 Å². The van der Waals surface area contributed by atoms with E-state index in [2.05, 4.69) is 15.0 Å². The number of nitrogens with zero attached hydrogens (tertiary/aromatic N) is 5. The van der Waals surface area contributed by atoms with Crippen LogP contribution in [-0.2, 0) is 9.53 Å². The Kier molecular flexibility index (Phi) is 8.68. The van der Waals surface area contributed by atoms with E-state index in [0.29, 0.717) is 43.2 Å². The molecule has 4 aromatic rings. The van der Waals surface area contributed by atoms with Gasteiger partial charge in [0.1, 0.15) is 0 Å². The number of thiazole rings is 1. The number of carbonyl (C=O) groups is 1. The van der Waals surface area contributed by atoms with Crippen LogP contribution in [0.1, 0.15) is 31.0 Å². The largest absolute Gasteiger partial charge is 0.493 e. The summed E-state index contributed by atoms with van der Waals surface area (Å²) in [4.78, 5) is 52.1. The molecule has 0 saturated carbocycles. The number of carbonyl (C=O) groups excluding carboxylic acids is 1. The highest BCUT2D eigenvalue weighted by molar-refractivity contribution is 7.99. The van der Waals surface area contributed by atoms with Gasteiger partial charge in [-0.1, -0.05) is 23.5 Å². The third kappa shape index (κ3) is 5.92. The van der Waals surface area contributed by atoms with E-state index >= 15 is 0 Å². The molecule has 0 radical (unpaired) electrons. The predicted octanol–water partition coefficient (Wildman–Crippen LogP) is 3.66. The number of nitro groups is 1. The zero-order chi connectivity index (χ0) is 30.7. The lowest BCUT2D eigenvalue weighted by atomic mass is 9.95. The van der Waals surface area contributed by atoms with Gasteiger partial charge < -0.3 is 14.2 Å². The molecule has 0 fully saturated rings. The molecule has 0 amide bonds. The fraction of sp³-hybridized carbons (Fsp3) is 0.207. The van der Waals surface area contributed by atoms with Crippen LogP contribution in [0, 0.1) is 10.1 Å². The minimum Gasteiger partial charge on any atom is -0.493 e. The average Bonchev–Trinajstić information content (AvgIpc) is 3.30. The van der Waals surface area contributed by atoms with Crippen molar-refractivity contribution < 1.29 is 23.9 Å². The van der Waals surface area contributed by atoms with Gasteiger partial charge in [0.05, 0.1) is 52.5 Å². The summed E-state index contributed by atoms with van der Waals surface area (Å²) in [5.74, 6) is 0.314. The first kappa shape index (κ1) is 29.7. The highest BCUT2D eigenvalue weighted by Crippen LogP contribution is 2.36. The van der Waals surface area contributed by atoms with Crippen LogP contribution in [0.15, 0.2) is 86.0 Å². The highest BCUT2D eigenvalue weighted by atomic mass is 32.2. The molecule has 0 unspecified atom stereocenters. The number of rotatable bonds is 9. The van der Waals surface area contributed by atoms with Crippen molar-refractivity contribution in [3.63, 3.8) is 0 Å². The lowest BCUT2D eigenvalue weighted by Gasteiger charge is -2.25. The van der Waals surface area contributed by atoms with Crippen molar-refractivity contribution in [1.29, 1.82) is 0 Å². The van der Waals surface area contributed by atoms with Gasteiger partial charge >= 0.3 is 5.97 Å². The van der Waals surface area contributed by atoms with Crippen LogP contribution in [0.5, 0.6) is 11.5 Å². The molecule has 14 heteroatoms. The van der Waals surface area contributed by atoms with Gasteiger partial charge in [-0.05, 0) is 67.1 Å². The summed E-state index contributed by atoms with van der Waals surface area (Å²) in [6.45, 7) is 3.53. The van der Waals surface area contributed by atoms with E-state index in [-0.39, 0.29) is 22.4 Å². The molecule has 0 spiro atoms.